The summed E-state index contributed by atoms with van der Waals surface area (Å²) in [6, 6.07) is -5.02. The van der Waals surface area contributed by atoms with Gasteiger partial charge in [0.15, 0.2) is 0 Å². The standard InChI is InChI=1S/C8H14N6O4/c9-5(15)1-2(6(10)16)14-4(8(12)18)3(13-1)7(11)17/h1-4,13-14H,(H2,9,15)(H2,10,16)(H2,11,17)(H2,12,18). The van der Waals surface area contributed by atoms with Gasteiger partial charge in [0.1, 0.15) is 24.2 Å². The number of piperazine rings is 1. The highest BCUT2D eigenvalue weighted by molar-refractivity contribution is 5.96. The highest BCUT2D eigenvalue weighted by Gasteiger charge is 2.45. The second-order valence-electron chi connectivity index (χ2n) is 3.85. The Morgan fingerprint density at radius 1 is 0.556 bits per heavy atom. The molecule has 1 aliphatic heterocycles. The molecule has 0 saturated carbocycles. The number of primary amides is 4. The fourth-order valence-corrected chi connectivity index (χ4v) is 1.76. The van der Waals surface area contributed by atoms with Crippen molar-refractivity contribution in [2.75, 3.05) is 0 Å². The summed E-state index contributed by atoms with van der Waals surface area (Å²) in [5, 5.41) is 4.80. The first-order valence-electron chi connectivity index (χ1n) is 4.95. The van der Waals surface area contributed by atoms with Gasteiger partial charge in [0, 0.05) is 0 Å². The van der Waals surface area contributed by atoms with Crippen LogP contribution in [-0.2, 0) is 19.2 Å². The first-order chi connectivity index (χ1) is 8.25. The van der Waals surface area contributed by atoms with Gasteiger partial charge >= 0.3 is 0 Å². The molecule has 4 atom stereocenters. The monoisotopic (exact) mass is 258 g/mol. The van der Waals surface area contributed by atoms with Gasteiger partial charge in [-0.1, -0.05) is 0 Å². The number of carbonyl (C=O) groups is 4. The molecular formula is C8H14N6O4. The number of amides is 4. The van der Waals surface area contributed by atoms with Crippen LogP contribution in [0.3, 0.4) is 0 Å². The van der Waals surface area contributed by atoms with Gasteiger partial charge < -0.3 is 22.9 Å². The van der Waals surface area contributed by atoms with Crippen LogP contribution in [0.2, 0.25) is 0 Å². The molecule has 0 aliphatic carbocycles. The van der Waals surface area contributed by atoms with E-state index in [0.717, 1.165) is 0 Å². The average Bonchev–Trinajstić information content (AvgIpc) is 2.26. The molecule has 0 spiro atoms. The average molecular weight is 258 g/mol. The molecule has 0 aromatic heterocycles. The molecular weight excluding hydrogens is 244 g/mol. The Balaban J connectivity index is 3.06. The van der Waals surface area contributed by atoms with Crippen molar-refractivity contribution in [2.24, 2.45) is 22.9 Å². The fourth-order valence-electron chi connectivity index (χ4n) is 1.76. The number of hydrogen-bond acceptors (Lipinski definition) is 6. The second kappa shape index (κ2) is 4.98. The van der Waals surface area contributed by atoms with Gasteiger partial charge in [-0.15, -0.1) is 0 Å². The Hall–Kier alpha value is -2.20. The summed E-state index contributed by atoms with van der Waals surface area (Å²) in [5.74, 6) is -3.66. The van der Waals surface area contributed by atoms with E-state index in [9.17, 15) is 19.2 Å². The van der Waals surface area contributed by atoms with E-state index in [1.54, 1.807) is 0 Å². The lowest BCUT2D eigenvalue weighted by molar-refractivity contribution is -0.135. The number of carbonyl (C=O) groups excluding carboxylic acids is 4. The smallest absolute Gasteiger partial charge is 0.236 e. The second-order valence-corrected chi connectivity index (χ2v) is 3.85. The minimum atomic E-state index is -1.25. The van der Waals surface area contributed by atoms with Gasteiger partial charge in [0.2, 0.25) is 23.6 Å². The molecule has 10 nitrogen and oxygen atoms in total. The highest BCUT2D eigenvalue weighted by Crippen LogP contribution is 2.08. The fraction of sp³-hybridized carbons (Fsp3) is 0.500. The van der Waals surface area contributed by atoms with Gasteiger partial charge in [-0.25, -0.2) is 0 Å². The normalized spacial score (nSPS) is 31.6. The molecule has 1 aliphatic rings. The van der Waals surface area contributed by atoms with E-state index in [0.29, 0.717) is 0 Å². The highest BCUT2D eigenvalue weighted by atomic mass is 16.2. The Bertz CT molecular complexity index is 336. The topological polar surface area (TPSA) is 196 Å². The first kappa shape index (κ1) is 13.9. The van der Waals surface area contributed by atoms with Gasteiger partial charge in [-0.2, -0.15) is 0 Å². The lowest BCUT2D eigenvalue weighted by Crippen LogP contribution is -2.76. The molecule has 0 aromatic rings. The van der Waals surface area contributed by atoms with E-state index >= 15 is 0 Å². The quantitative estimate of drug-likeness (QED) is 0.291. The Labute approximate surface area is 101 Å². The molecule has 4 amide bonds. The van der Waals surface area contributed by atoms with Crippen molar-refractivity contribution in [3.05, 3.63) is 0 Å². The van der Waals surface area contributed by atoms with Crippen LogP contribution in [0.1, 0.15) is 0 Å². The molecule has 100 valence electrons. The lowest BCUT2D eigenvalue weighted by Gasteiger charge is -2.38. The van der Waals surface area contributed by atoms with Crippen LogP contribution in [0.15, 0.2) is 0 Å². The molecule has 4 unspecified atom stereocenters. The zero-order chi connectivity index (χ0) is 14.0. The summed E-state index contributed by atoms with van der Waals surface area (Å²) in [7, 11) is 0. The predicted molar refractivity (Wildman–Crippen MR) is 58.2 cm³/mol. The maximum absolute atomic E-state index is 11.2. The van der Waals surface area contributed by atoms with Crippen LogP contribution < -0.4 is 33.6 Å². The van der Waals surface area contributed by atoms with Crippen molar-refractivity contribution in [1.29, 1.82) is 0 Å². The molecule has 1 rings (SSSR count). The molecule has 10 N–H and O–H groups in total. The van der Waals surface area contributed by atoms with E-state index in [-0.39, 0.29) is 0 Å². The summed E-state index contributed by atoms with van der Waals surface area (Å²) >= 11 is 0. The molecule has 10 heteroatoms. The van der Waals surface area contributed by atoms with E-state index in [2.05, 4.69) is 10.6 Å². The lowest BCUT2D eigenvalue weighted by atomic mass is 9.94. The minimum Gasteiger partial charge on any atom is -0.368 e. The van der Waals surface area contributed by atoms with Crippen molar-refractivity contribution < 1.29 is 19.2 Å². The summed E-state index contributed by atoms with van der Waals surface area (Å²) < 4.78 is 0. The molecule has 1 fully saturated rings. The van der Waals surface area contributed by atoms with Gasteiger partial charge in [-0.05, 0) is 0 Å². The molecule has 1 heterocycles. The van der Waals surface area contributed by atoms with Gasteiger partial charge in [0.05, 0.1) is 0 Å². The van der Waals surface area contributed by atoms with E-state index in [1.807, 2.05) is 0 Å². The first-order valence-corrected chi connectivity index (χ1v) is 4.95. The minimum absolute atomic E-state index is 0.916. The van der Waals surface area contributed by atoms with Gasteiger partial charge in [0.25, 0.3) is 0 Å². The van der Waals surface area contributed by atoms with Crippen LogP contribution in [-0.4, -0.2) is 47.8 Å². The summed E-state index contributed by atoms with van der Waals surface area (Å²) in [5.41, 5.74) is 20.2. The van der Waals surface area contributed by atoms with Crippen molar-refractivity contribution in [3.63, 3.8) is 0 Å². The van der Waals surface area contributed by atoms with Crippen molar-refractivity contribution in [1.82, 2.24) is 10.6 Å². The SMILES string of the molecule is NC(=O)C1NC(C(N)=O)C(C(N)=O)NC1C(N)=O. The third kappa shape index (κ3) is 2.55. The maximum atomic E-state index is 11.2. The number of hydrogen-bond donors (Lipinski definition) is 6. The molecule has 18 heavy (non-hydrogen) atoms. The Morgan fingerprint density at radius 3 is 0.833 bits per heavy atom. The Morgan fingerprint density at radius 2 is 0.722 bits per heavy atom. The number of rotatable bonds is 4. The molecule has 0 aromatic carbocycles. The molecule has 0 radical (unpaired) electrons. The largest absolute Gasteiger partial charge is 0.368 e. The van der Waals surface area contributed by atoms with Crippen molar-refractivity contribution in [2.45, 2.75) is 24.2 Å². The number of nitrogens with one attached hydrogen (secondary N) is 2. The predicted octanol–water partition coefficient (Wildman–Crippen LogP) is -5.41. The van der Waals surface area contributed by atoms with E-state index in [4.69, 9.17) is 22.9 Å². The van der Waals surface area contributed by atoms with Crippen molar-refractivity contribution >= 4 is 23.6 Å². The molecule has 1 saturated heterocycles. The van der Waals surface area contributed by atoms with Crippen LogP contribution in [0, 0.1) is 0 Å². The summed E-state index contributed by atoms with van der Waals surface area (Å²) in [6.07, 6.45) is 0. The van der Waals surface area contributed by atoms with E-state index in [1.165, 1.54) is 0 Å². The summed E-state index contributed by atoms with van der Waals surface area (Å²) in [6.45, 7) is 0. The Kier molecular flexibility index (Phi) is 3.83. The van der Waals surface area contributed by atoms with E-state index < -0.39 is 47.8 Å². The summed E-state index contributed by atoms with van der Waals surface area (Å²) in [4.78, 5) is 44.6. The van der Waals surface area contributed by atoms with Crippen LogP contribution >= 0.6 is 0 Å². The number of nitrogens with two attached hydrogens (primary N) is 4. The van der Waals surface area contributed by atoms with Crippen LogP contribution in [0.5, 0.6) is 0 Å². The zero-order valence-corrected chi connectivity index (χ0v) is 9.25. The van der Waals surface area contributed by atoms with Crippen LogP contribution in [0.25, 0.3) is 0 Å². The van der Waals surface area contributed by atoms with Crippen molar-refractivity contribution in [3.8, 4) is 0 Å². The molecule has 0 bridgehead atoms. The van der Waals surface area contributed by atoms with Gasteiger partial charge in [-0.3, -0.25) is 29.8 Å². The maximum Gasteiger partial charge on any atom is 0.236 e. The third-order valence-corrected chi connectivity index (χ3v) is 2.61. The third-order valence-electron chi connectivity index (χ3n) is 2.61. The zero-order valence-electron chi connectivity index (χ0n) is 9.25. The van der Waals surface area contributed by atoms with Crippen LogP contribution in [0.4, 0.5) is 0 Å².